The number of aliphatic hydroxyl groups is 1. The zero-order valence-electron chi connectivity index (χ0n) is 18.8. The molecular formula is C25H35IN4O2. The van der Waals surface area contributed by atoms with Crippen LogP contribution in [0.4, 0.5) is 0 Å². The Morgan fingerprint density at radius 1 is 1.06 bits per heavy atom. The predicted molar refractivity (Wildman–Crippen MR) is 140 cm³/mol. The minimum Gasteiger partial charge on any atom is -0.488 e. The van der Waals surface area contributed by atoms with E-state index in [9.17, 15) is 5.11 Å². The number of benzene rings is 2. The minimum atomic E-state index is -0.119. The lowest BCUT2D eigenvalue weighted by Gasteiger charge is -2.29. The van der Waals surface area contributed by atoms with Crippen LogP contribution in [0.15, 0.2) is 53.5 Å². The number of nitrogens with zero attached hydrogens (tertiary/aromatic N) is 2. The van der Waals surface area contributed by atoms with Gasteiger partial charge >= 0.3 is 0 Å². The summed E-state index contributed by atoms with van der Waals surface area (Å²) in [5.74, 6) is 1.81. The zero-order chi connectivity index (χ0) is 21.5. The molecule has 7 heteroatoms. The first kappa shape index (κ1) is 24.8. The molecule has 1 atom stereocenters. The predicted octanol–water partition coefficient (Wildman–Crippen LogP) is 3.32. The van der Waals surface area contributed by atoms with Crippen LogP contribution in [0.25, 0.3) is 0 Å². The highest BCUT2D eigenvalue weighted by atomic mass is 127. The average molecular weight is 550 g/mol. The van der Waals surface area contributed by atoms with Gasteiger partial charge in [0.2, 0.25) is 0 Å². The minimum absolute atomic E-state index is 0. The molecule has 174 valence electrons. The summed E-state index contributed by atoms with van der Waals surface area (Å²) in [5.41, 5.74) is 3.78. The van der Waals surface area contributed by atoms with Crippen LogP contribution in [0, 0.1) is 0 Å². The number of likely N-dealkylation sites (tertiary alicyclic amines) is 1. The SMILES string of the molecule is CCNC(=NCc1ccc(CN2CCC(O)CC2)cc1)NCC1Cc2ccccc2O1.I. The summed E-state index contributed by atoms with van der Waals surface area (Å²) >= 11 is 0. The summed E-state index contributed by atoms with van der Waals surface area (Å²) in [5, 5.41) is 16.4. The molecule has 2 aliphatic rings. The van der Waals surface area contributed by atoms with E-state index in [1.54, 1.807) is 0 Å². The fraction of sp³-hybridized carbons (Fsp3) is 0.480. The molecule has 2 heterocycles. The van der Waals surface area contributed by atoms with E-state index in [0.717, 1.165) is 63.7 Å². The van der Waals surface area contributed by atoms with Crippen molar-refractivity contribution in [1.82, 2.24) is 15.5 Å². The van der Waals surface area contributed by atoms with Gasteiger partial charge < -0.3 is 20.5 Å². The molecule has 0 amide bonds. The molecule has 0 spiro atoms. The maximum atomic E-state index is 9.66. The summed E-state index contributed by atoms with van der Waals surface area (Å²) in [6, 6.07) is 17.0. The second kappa shape index (κ2) is 12.4. The van der Waals surface area contributed by atoms with Crippen molar-refractivity contribution in [2.45, 2.75) is 51.5 Å². The van der Waals surface area contributed by atoms with Crippen LogP contribution in [0.3, 0.4) is 0 Å². The number of hydrogen-bond donors (Lipinski definition) is 3. The Balaban J connectivity index is 0.00000289. The quantitative estimate of drug-likeness (QED) is 0.281. The third-order valence-electron chi connectivity index (χ3n) is 5.96. The van der Waals surface area contributed by atoms with Gasteiger partial charge in [-0.05, 0) is 42.5 Å². The zero-order valence-corrected chi connectivity index (χ0v) is 21.1. The first-order valence-corrected chi connectivity index (χ1v) is 11.4. The van der Waals surface area contributed by atoms with E-state index < -0.39 is 0 Å². The van der Waals surface area contributed by atoms with Crippen molar-refractivity contribution in [2.24, 2.45) is 4.99 Å². The lowest BCUT2D eigenvalue weighted by molar-refractivity contribution is 0.0792. The molecule has 1 unspecified atom stereocenters. The van der Waals surface area contributed by atoms with Crippen LogP contribution in [0.2, 0.25) is 0 Å². The standard InChI is InChI=1S/C25H34N4O2.HI/c1-2-26-25(28-17-23-15-21-5-3-4-6-24(21)31-23)27-16-19-7-9-20(10-8-19)18-29-13-11-22(30)12-14-29;/h3-10,22-23,30H,2,11-18H2,1H3,(H2,26,27,28);1H. The van der Waals surface area contributed by atoms with E-state index in [2.05, 4.69) is 58.9 Å². The van der Waals surface area contributed by atoms with Crippen molar-refractivity contribution in [1.29, 1.82) is 0 Å². The summed E-state index contributed by atoms with van der Waals surface area (Å²) in [6.07, 6.45) is 2.71. The number of nitrogens with one attached hydrogen (secondary N) is 2. The van der Waals surface area contributed by atoms with Crippen molar-refractivity contribution >= 4 is 29.9 Å². The van der Waals surface area contributed by atoms with Crippen LogP contribution in [0.1, 0.15) is 36.5 Å². The number of rotatable bonds is 7. The Morgan fingerprint density at radius 3 is 2.50 bits per heavy atom. The van der Waals surface area contributed by atoms with Gasteiger partial charge in [-0.15, -0.1) is 24.0 Å². The van der Waals surface area contributed by atoms with Gasteiger partial charge in [-0.3, -0.25) is 4.90 Å². The lowest BCUT2D eigenvalue weighted by atomic mass is 10.1. The molecule has 0 radical (unpaired) electrons. The fourth-order valence-electron chi connectivity index (χ4n) is 4.18. The topological polar surface area (TPSA) is 69.1 Å². The summed E-state index contributed by atoms with van der Waals surface area (Å²) in [4.78, 5) is 7.16. The van der Waals surface area contributed by atoms with Crippen LogP contribution in [-0.4, -0.2) is 54.4 Å². The van der Waals surface area contributed by atoms with Crippen molar-refractivity contribution in [2.75, 3.05) is 26.2 Å². The monoisotopic (exact) mass is 550 g/mol. The first-order chi connectivity index (χ1) is 15.2. The molecule has 1 fully saturated rings. The summed E-state index contributed by atoms with van der Waals surface area (Å²) in [7, 11) is 0. The number of aliphatic imine (C=N–C) groups is 1. The van der Waals surface area contributed by atoms with Crippen molar-refractivity contribution in [3.63, 3.8) is 0 Å². The average Bonchev–Trinajstić information content (AvgIpc) is 3.21. The van der Waals surface area contributed by atoms with Gasteiger partial charge in [-0.2, -0.15) is 0 Å². The van der Waals surface area contributed by atoms with E-state index in [0.29, 0.717) is 6.54 Å². The molecule has 3 N–H and O–H groups in total. The summed E-state index contributed by atoms with van der Waals surface area (Å²) < 4.78 is 6.02. The highest BCUT2D eigenvalue weighted by Gasteiger charge is 2.22. The summed E-state index contributed by atoms with van der Waals surface area (Å²) in [6.45, 7) is 7.15. The highest BCUT2D eigenvalue weighted by molar-refractivity contribution is 14.0. The fourth-order valence-corrected chi connectivity index (χ4v) is 4.18. The first-order valence-electron chi connectivity index (χ1n) is 11.4. The van der Waals surface area contributed by atoms with Gasteiger partial charge in [-0.25, -0.2) is 4.99 Å². The molecule has 0 aliphatic carbocycles. The van der Waals surface area contributed by atoms with Gasteiger partial charge in [0, 0.05) is 32.6 Å². The molecule has 6 nitrogen and oxygen atoms in total. The Bertz CT molecular complexity index is 842. The highest BCUT2D eigenvalue weighted by Crippen LogP contribution is 2.27. The lowest BCUT2D eigenvalue weighted by Crippen LogP contribution is -2.42. The Morgan fingerprint density at radius 2 is 1.78 bits per heavy atom. The van der Waals surface area contributed by atoms with Crippen molar-refractivity contribution in [3.05, 3.63) is 65.2 Å². The van der Waals surface area contributed by atoms with Crippen molar-refractivity contribution < 1.29 is 9.84 Å². The number of aliphatic hydroxyl groups excluding tert-OH is 1. The van der Waals surface area contributed by atoms with E-state index in [1.807, 2.05) is 12.1 Å². The number of guanidine groups is 1. The van der Waals surface area contributed by atoms with Crippen molar-refractivity contribution in [3.8, 4) is 5.75 Å². The molecule has 32 heavy (non-hydrogen) atoms. The van der Waals surface area contributed by atoms with Gasteiger partial charge in [0.15, 0.2) is 5.96 Å². The molecule has 2 aromatic rings. The maximum absolute atomic E-state index is 9.66. The molecule has 0 saturated carbocycles. The second-order valence-corrected chi connectivity index (χ2v) is 8.45. The van der Waals surface area contributed by atoms with Gasteiger partial charge in [0.25, 0.3) is 0 Å². The Labute approximate surface area is 208 Å². The Kier molecular flexibility index (Phi) is 9.62. The third-order valence-corrected chi connectivity index (χ3v) is 5.96. The van der Waals surface area contributed by atoms with E-state index >= 15 is 0 Å². The molecular weight excluding hydrogens is 515 g/mol. The molecule has 4 rings (SSSR count). The number of para-hydroxylation sites is 1. The molecule has 2 aliphatic heterocycles. The number of piperidine rings is 1. The number of hydrogen-bond acceptors (Lipinski definition) is 4. The molecule has 0 aromatic heterocycles. The van der Waals surface area contributed by atoms with Crippen LogP contribution >= 0.6 is 24.0 Å². The largest absolute Gasteiger partial charge is 0.488 e. The van der Waals surface area contributed by atoms with Crippen LogP contribution < -0.4 is 15.4 Å². The van der Waals surface area contributed by atoms with E-state index in [4.69, 9.17) is 9.73 Å². The maximum Gasteiger partial charge on any atom is 0.191 e. The number of halogens is 1. The number of ether oxygens (including phenoxy) is 1. The smallest absolute Gasteiger partial charge is 0.191 e. The van der Waals surface area contributed by atoms with Gasteiger partial charge in [-0.1, -0.05) is 42.5 Å². The number of fused-ring (bicyclic) bond motifs is 1. The van der Waals surface area contributed by atoms with Gasteiger partial charge in [0.1, 0.15) is 11.9 Å². The molecule has 2 aromatic carbocycles. The second-order valence-electron chi connectivity index (χ2n) is 8.45. The van der Waals surface area contributed by atoms with E-state index in [-0.39, 0.29) is 36.2 Å². The Hall–Kier alpha value is -1.84. The van der Waals surface area contributed by atoms with Crippen LogP contribution in [0.5, 0.6) is 5.75 Å². The van der Waals surface area contributed by atoms with Gasteiger partial charge in [0.05, 0.1) is 19.2 Å². The molecule has 0 bridgehead atoms. The third kappa shape index (κ3) is 7.08. The normalized spacial score (nSPS) is 19.1. The van der Waals surface area contributed by atoms with E-state index in [1.165, 1.54) is 16.7 Å². The van der Waals surface area contributed by atoms with Crippen LogP contribution in [-0.2, 0) is 19.5 Å². The molecule has 1 saturated heterocycles.